The molecule has 1 N–H and O–H groups in total. The molecular formula is C25H31N5O2S. The number of rotatable bonds is 6. The number of piperazine rings is 1. The van der Waals surface area contributed by atoms with E-state index in [1.54, 1.807) is 0 Å². The number of benzene rings is 2. The minimum Gasteiger partial charge on any atom is -0.350 e. The van der Waals surface area contributed by atoms with E-state index in [2.05, 4.69) is 33.0 Å². The van der Waals surface area contributed by atoms with Crippen molar-refractivity contribution in [3.8, 4) is 5.69 Å². The number of fused-ring (bicyclic) bond motifs is 1. The number of hydrogen-bond acceptors (Lipinski definition) is 5. The van der Waals surface area contributed by atoms with Crippen LogP contribution in [0, 0.1) is 0 Å². The molecule has 1 aromatic heterocycles. The quantitative estimate of drug-likeness (QED) is 0.566. The fourth-order valence-corrected chi connectivity index (χ4v) is 4.89. The maximum atomic E-state index is 12.9. The van der Waals surface area contributed by atoms with Gasteiger partial charge in [0.25, 0.3) is 0 Å². The van der Waals surface area contributed by atoms with E-state index >= 15 is 0 Å². The third-order valence-electron chi connectivity index (χ3n) is 5.48. The number of amides is 2. The van der Waals surface area contributed by atoms with Crippen molar-refractivity contribution in [2.75, 3.05) is 38.5 Å². The summed E-state index contributed by atoms with van der Waals surface area (Å²) < 4.78 is 2.11. The van der Waals surface area contributed by atoms with E-state index in [9.17, 15) is 9.59 Å². The molecule has 8 heteroatoms. The average Bonchev–Trinajstić information content (AvgIpc) is 3.15. The molecular weight excluding hydrogens is 434 g/mol. The van der Waals surface area contributed by atoms with Crippen molar-refractivity contribution in [1.82, 2.24) is 24.7 Å². The maximum absolute atomic E-state index is 12.9. The van der Waals surface area contributed by atoms with Gasteiger partial charge in [-0.25, -0.2) is 4.98 Å². The van der Waals surface area contributed by atoms with Gasteiger partial charge in [-0.1, -0.05) is 42.1 Å². The molecule has 2 heterocycles. The third-order valence-corrected chi connectivity index (χ3v) is 6.40. The van der Waals surface area contributed by atoms with Gasteiger partial charge in [0.15, 0.2) is 5.16 Å². The largest absolute Gasteiger partial charge is 0.350 e. The van der Waals surface area contributed by atoms with Gasteiger partial charge in [-0.05, 0) is 45.0 Å². The molecule has 0 saturated carbocycles. The summed E-state index contributed by atoms with van der Waals surface area (Å²) in [6.45, 7) is 8.98. The standard InChI is InChI=1S/C25H31N5O2S/c1-25(2,3)27-22(31)17-28-13-15-29(16-14-28)23(32)18-33-24-26-20-11-7-8-12-21(20)30(24)19-9-5-4-6-10-19/h4-12H,13-18H2,1-3H3,(H,27,31). The lowest BCUT2D eigenvalue weighted by atomic mass is 10.1. The molecule has 2 amide bonds. The molecule has 174 valence electrons. The Hall–Kier alpha value is -2.84. The summed E-state index contributed by atoms with van der Waals surface area (Å²) in [7, 11) is 0. The molecule has 1 aliphatic rings. The fraction of sp³-hybridized carbons (Fsp3) is 0.400. The van der Waals surface area contributed by atoms with Gasteiger partial charge in [0.05, 0.1) is 23.3 Å². The Labute approximate surface area is 199 Å². The second-order valence-electron chi connectivity index (χ2n) is 9.30. The molecule has 3 aromatic rings. The smallest absolute Gasteiger partial charge is 0.234 e. The summed E-state index contributed by atoms with van der Waals surface area (Å²) in [6.07, 6.45) is 0. The van der Waals surface area contributed by atoms with Crippen LogP contribution in [-0.2, 0) is 9.59 Å². The van der Waals surface area contributed by atoms with Gasteiger partial charge in [0.1, 0.15) is 0 Å². The minimum atomic E-state index is -0.234. The lowest BCUT2D eigenvalue weighted by Crippen LogP contribution is -2.53. The number of hydrogen-bond donors (Lipinski definition) is 1. The number of thioether (sulfide) groups is 1. The van der Waals surface area contributed by atoms with Crippen molar-refractivity contribution in [2.45, 2.75) is 31.5 Å². The molecule has 0 atom stereocenters. The molecule has 7 nitrogen and oxygen atoms in total. The number of nitrogens with one attached hydrogen (secondary N) is 1. The Morgan fingerprint density at radius 2 is 1.64 bits per heavy atom. The molecule has 1 saturated heterocycles. The number of carbonyl (C=O) groups excluding carboxylic acids is 2. The summed E-state index contributed by atoms with van der Waals surface area (Å²) in [5.41, 5.74) is 2.74. The minimum absolute atomic E-state index is 0.0256. The molecule has 0 bridgehead atoms. The number of aromatic nitrogens is 2. The van der Waals surface area contributed by atoms with Gasteiger partial charge >= 0.3 is 0 Å². The van der Waals surface area contributed by atoms with Crippen LogP contribution in [-0.4, -0.2) is 75.2 Å². The maximum Gasteiger partial charge on any atom is 0.234 e. The Balaban J connectivity index is 1.36. The predicted molar refractivity (Wildman–Crippen MR) is 133 cm³/mol. The van der Waals surface area contributed by atoms with Crippen LogP contribution < -0.4 is 5.32 Å². The van der Waals surface area contributed by atoms with E-state index in [0.29, 0.717) is 38.5 Å². The van der Waals surface area contributed by atoms with Crippen molar-refractivity contribution in [3.63, 3.8) is 0 Å². The van der Waals surface area contributed by atoms with Gasteiger partial charge in [-0.15, -0.1) is 0 Å². The van der Waals surface area contributed by atoms with Crippen molar-refractivity contribution in [2.24, 2.45) is 0 Å². The Morgan fingerprint density at radius 3 is 2.33 bits per heavy atom. The fourth-order valence-electron chi connectivity index (χ4n) is 3.96. The molecule has 0 spiro atoms. The Kier molecular flexibility index (Phi) is 7.05. The highest BCUT2D eigenvalue weighted by atomic mass is 32.2. The predicted octanol–water partition coefficient (Wildman–Crippen LogP) is 3.18. The van der Waals surface area contributed by atoms with E-state index in [-0.39, 0.29) is 17.4 Å². The zero-order valence-corrected chi connectivity index (χ0v) is 20.3. The van der Waals surface area contributed by atoms with Crippen LogP contribution in [0.3, 0.4) is 0 Å². The van der Waals surface area contributed by atoms with E-state index in [0.717, 1.165) is 21.9 Å². The van der Waals surface area contributed by atoms with E-state index < -0.39 is 0 Å². The highest BCUT2D eigenvalue weighted by molar-refractivity contribution is 7.99. The van der Waals surface area contributed by atoms with Crippen LogP contribution in [0.1, 0.15) is 20.8 Å². The Bertz CT molecular complexity index is 1110. The van der Waals surface area contributed by atoms with Crippen LogP contribution in [0.15, 0.2) is 59.8 Å². The van der Waals surface area contributed by atoms with Crippen molar-refractivity contribution in [3.05, 3.63) is 54.6 Å². The first kappa shape index (κ1) is 23.3. The van der Waals surface area contributed by atoms with Gasteiger partial charge in [0, 0.05) is 37.4 Å². The molecule has 1 aliphatic heterocycles. The number of nitrogens with zero attached hydrogens (tertiary/aromatic N) is 4. The van der Waals surface area contributed by atoms with Gasteiger partial charge in [-0.2, -0.15) is 0 Å². The third kappa shape index (κ3) is 5.94. The molecule has 4 rings (SSSR count). The van der Waals surface area contributed by atoms with Crippen molar-refractivity contribution < 1.29 is 9.59 Å². The van der Waals surface area contributed by atoms with Gasteiger partial charge in [0.2, 0.25) is 11.8 Å². The van der Waals surface area contributed by atoms with Crippen LogP contribution in [0.5, 0.6) is 0 Å². The van der Waals surface area contributed by atoms with Gasteiger partial charge < -0.3 is 10.2 Å². The first-order valence-electron chi connectivity index (χ1n) is 11.3. The molecule has 0 aliphatic carbocycles. The lowest BCUT2D eigenvalue weighted by Gasteiger charge is -2.34. The SMILES string of the molecule is CC(C)(C)NC(=O)CN1CCN(C(=O)CSc2nc3ccccc3n2-c2ccccc2)CC1. The second kappa shape index (κ2) is 9.97. The normalized spacial score (nSPS) is 15.1. The summed E-state index contributed by atoms with van der Waals surface area (Å²) in [4.78, 5) is 33.9. The first-order chi connectivity index (χ1) is 15.8. The molecule has 0 unspecified atom stereocenters. The number of imidazole rings is 1. The monoisotopic (exact) mass is 465 g/mol. The average molecular weight is 466 g/mol. The first-order valence-corrected chi connectivity index (χ1v) is 12.3. The van der Waals surface area contributed by atoms with Crippen LogP contribution in [0.25, 0.3) is 16.7 Å². The van der Waals surface area contributed by atoms with Crippen LogP contribution in [0.4, 0.5) is 0 Å². The van der Waals surface area contributed by atoms with Crippen LogP contribution >= 0.6 is 11.8 Å². The molecule has 1 fully saturated rings. The van der Waals surface area contributed by atoms with E-state index in [1.165, 1.54) is 11.8 Å². The highest BCUT2D eigenvalue weighted by Crippen LogP contribution is 2.28. The van der Waals surface area contributed by atoms with Gasteiger partial charge in [-0.3, -0.25) is 19.1 Å². The number of para-hydroxylation sites is 3. The van der Waals surface area contributed by atoms with E-state index in [4.69, 9.17) is 4.98 Å². The van der Waals surface area contributed by atoms with Crippen LogP contribution in [0.2, 0.25) is 0 Å². The summed E-state index contributed by atoms with van der Waals surface area (Å²) >= 11 is 1.47. The summed E-state index contributed by atoms with van der Waals surface area (Å²) in [5.74, 6) is 0.462. The van der Waals surface area contributed by atoms with E-state index in [1.807, 2.05) is 62.1 Å². The number of carbonyl (C=O) groups is 2. The highest BCUT2D eigenvalue weighted by Gasteiger charge is 2.24. The van der Waals surface area contributed by atoms with Crippen molar-refractivity contribution >= 4 is 34.6 Å². The molecule has 33 heavy (non-hydrogen) atoms. The summed E-state index contributed by atoms with van der Waals surface area (Å²) in [6, 6.07) is 18.1. The topological polar surface area (TPSA) is 70.5 Å². The molecule has 2 aromatic carbocycles. The zero-order chi connectivity index (χ0) is 23.4. The zero-order valence-electron chi connectivity index (χ0n) is 19.5. The second-order valence-corrected chi connectivity index (χ2v) is 10.2. The van der Waals surface area contributed by atoms with Crippen molar-refractivity contribution in [1.29, 1.82) is 0 Å². The Morgan fingerprint density at radius 1 is 0.970 bits per heavy atom. The summed E-state index contributed by atoms with van der Waals surface area (Å²) in [5, 5.41) is 3.81. The lowest BCUT2D eigenvalue weighted by molar-refractivity contribution is -0.130. The molecule has 0 radical (unpaired) electrons.